The van der Waals surface area contributed by atoms with Crippen LogP contribution in [0.3, 0.4) is 0 Å². The summed E-state index contributed by atoms with van der Waals surface area (Å²) in [7, 11) is 3.50. The Morgan fingerprint density at radius 2 is 1.27 bits per heavy atom. The van der Waals surface area contributed by atoms with Gasteiger partial charge in [0.1, 0.15) is 0 Å². The van der Waals surface area contributed by atoms with Gasteiger partial charge in [-0.3, -0.25) is 9.59 Å². The molecule has 0 aliphatic heterocycles. The Bertz CT molecular complexity index is 682. The summed E-state index contributed by atoms with van der Waals surface area (Å²) in [6, 6.07) is 5.02. The fraction of sp³-hybridized carbons (Fsp3) is 0.444. The van der Waals surface area contributed by atoms with Crippen LogP contribution in [0.5, 0.6) is 0 Å². The summed E-state index contributed by atoms with van der Waals surface area (Å²) < 4.78 is 3.15. The van der Waals surface area contributed by atoms with Crippen molar-refractivity contribution in [2.24, 2.45) is 14.1 Å². The molecule has 0 fully saturated rings. The van der Waals surface area contributed by atoms with E-state index >= 15 is 0 Å². The van der Waals surface area contributed by atoms with E-state index in [1.165, 1.54) is 0 Å². The minimum absolute atomic E-state index is 0. The van der Waals surface area contributed by atoms with Crippen LogP contribution in [0.25, 0.3) is 0 Å². The first kappa shape index (κ1) is 22.2. The fourth-order valence-corrected chi connectivity index (χ4v) is 1.59. The van der Waals surface area contributed by atoms with Crippen LogP contribution in [0.1, 0.15) is 38.0 Å². The van der Waals surface area contributed by atoms with Crippen molar-refractivity contribution in [3.8, 4) is 0 Å². The quantitative estimate of drug-likeness (QED) is 0.749. The summed E-state index contributed by atoms with van der Waals surface area (Å²) in [4.78, 5) is 21.7. The average Bonchev–Trinajstić information content (AvgIpc) is 2.44. The van der Waals surface area contributed by atoms with E-state index in [0.717, 1.165) is 16.7 Å². The lowest BCUT2D eigenvalue weighted by Gasteiger charge is -2.00. The van der Waals surface area contributed by atoms with Gasteiger partial charge in [0.05, 0.1) is 0 Å². The smallest absolute Gasteiger partial charge is 0.250 e. The molecule has 4 nitrogen and oxygen atoms in total. The van der Waals surface area contributed by atoms with Crippen LogP contribution in [0.15, 0.2) is 40.2 Å². The second-order valence-corrected chi connectivity index (χ2v) is 4.74. The third-order valence-corrected chi connectivity index (χ3v) is 2.93. The van der Waals surface area contributed by atoms with Gasteiger partial charge < -0.3 is 9.13 Å². The summed E-state index contributed by atoms with van der Waals surface area (Å²) in [5, 5.41) is 0. The molecule has 22 heavy (non-hydrogen) atoms. The van der Waals surface area contributed by atoms with Gasteiger partial charge >= 0.3 is 0 Å². The molecule has 2 aromatic heterocycles. The first-order valence-corrected chi connectivity index (χ1v) is 7.08. The molecule has 124 valence electrons. The molecule has 0 N–H and O–H groups in total. The minimum atomic E-state index is 0. The number of aryl methyl sites for hydroxylation is 5. The molecule has 0 saturated carbocycles. The van der Waals surface area contributed by atoms with Gasteiger partial charge in [0, 0.05) is 38.6 Å². The van der Waals surface area contributed by atoms with Crippen molar-refractivity contribution in [2.45, 2.75) is 42.0 Å². The molecule has 2 rings (SSSR count). The van der Waals surface area contributed by atoms with Gasteiger partial charge in [-0.05, 0) is 37.5 Å². The molecule has 0 radical (unpaired) electrons. The lowest BCUT2D eigenvalue weighted by Crippen LogP contribution is -2.15. The standard InChI is InChI=1S/C8H11NO.C7H9NO.C2H6.CH4/c1-6-4-8(10)9(3)5-7(6)2;1-6-3-4-7(9)8(2)5-6;1-2;/h4-5H,1-3H3;3-5H,1-2H3;1-2H3;1H4. The van der Waals surface area contributed by atoms with Crippen molar-refractivity contribution in [3.63, 3.8) is 0 Å². The molecule has 0 aromatic carbocycles. The van der Waals surface area contributed by atoms with E-state index < -0.39 is 0 Å². The van der Waals surface area contributed by atoms with Crippen molar-refractivity contribution in [1.82, 2.24) is 9.13 Å². The van der Waals surface area contributed by atoms with Crippen LogP contribution in [-0.4, -0.2) is 9.13 Å². The van der Waals surface area contributed by atoms with Crippen LogP contribution in [0, 0.1) is 20.8 Å². The highest BCUT2D eigenvalue weighted by atomic mass is 16.1. The van der Waals surface area contributed by atoms with E-state index in [2.05, 4.69) is 0 Å². The van der Waals surface area contributed by atoms with E-state index in [0.29, 0.717) is 0 Å². The zero-order valence-corrected chi connectivity index (χ0v) is 14.1. The Morgan fingerprint density at radius 1 is 0.773 bits per heavy atom. The summed E-state index contributed by atoms with van der Waals surface area (Å²) in [6.45, 7) is 9.89. The summed E-state index contributed by atoms with van der Waals surface area (Å²) in [6.07, 6.45) is 3.65. The summed E-state index contributed by atoms with van der Waals surface area (Å²) >= 11 is 0. The molecule has 0 aliphatic carbocycles. The molecule has 2 aromatic rings. The maximum absolute atomic E-state index is 11.0. The normalized spacial score (nSPS) is 8.68. The van der Waals surface area contributed by atoms with Crippen molar-refractivity contribution in [1.29, 1.82) is 0 Å². The Morgan fingerprint density at radius 3 is 1.68 bits per heavy atom. The number of hydrogen-bond acceptors (Lipinski definition) is 2. The first-order chi connectivity index (χ1) is 9.81. The SMILES string of the molecule is C.CC.Cc1cc(=O)n(C)cc1C.Cc1ccc(=O)n(C)c1. The third-order valence-electron chi connectivity index (χ3n) is 2.93. The predicted molar refractivity (Wildman–Crippen MR) is 95.7 cm³/mol. The number of rotatable bonds is 0. The number of hydrogen-bond donors (Lipinski definition) is 0. The topological polar surface area (TPSA) is 44.0 Å². The Labute approximate surface area is 134 Å². The molecule has 4 heteroatoms. The Balaban J connectivity index is 0. The van der Waals surface area contributed by atoms with Gasteiger partial charge in [0.2, 0.25) is 5.56 Å². The van der Waals surface area contributed by atoms with Crippen LogP contribution in [0.2, 0.25) is 0 Å². The maximum atomic E-state index is 11.0. The molecule has 0 aliphatic rings. The number of nitrogens with zero attached hydrogens (tertiary/aromatic N) is 2. The van der Waals surface area contributed by atoms with Gasteiger partial charge in [-0.1, -0.05) is 27.3 Å². The molecule has 0 bridgehead atoms. The van der Waals surface area contributed by atoms with Crippen LogP contribution in [-0.2, 0) is 14.1 Å². The largest absolute Gasteiger partial charge is 0.318 e. The fourth-order valence-electron chi connectivity index (χ4n) is 1.59. The van der Waals surface area contributed by atoms with E-state index in [-0.39, 0.29) is 18.5 Å². The molecule has 2 heterocycles. The van der Waals surface area contributed by atoms with E-state index in [9.17, 15) is 9.59 Å². The van der Waals surface area contributed by atoms with Gasteiger partial charge in [-0.15, -0.1) is 0 Å². The molecular formula is C18H30N2O2. The van der Waals surface area contributed by atoms with E-state index in [1.807, 2.05) is 53.1 Å². The average molecular weight is 306 g/mol. The Kier molecular flexibility index (Phi) is 10.7. The molecular weight excluding hydrogens is 276 g/mol. The lowest BCUT2D eigenvalue weighted by atomic mass is 10.2. The summed E-state index contributed by atoms with van der Waals surface area (Å²) in [5.41, 5.74) is 3.42. The van der Waals surface area contributed by atoms with Crippen molar-refractivity contribution in [2.75, 3.05) is 0 Å². The highest BCUT2D eigenvalue weighted by molar-refractivity contribution is 5.19. The third kappa shape index (κ3) is 7.07. The molecule has 0 unspecified atom stereocenters. The van der Waals surface area contributed by atoms with E-state index in [4.69, 9.17) is 0 Å². The second-order valence-electron chi connectivity index (χ2n) is 4.74. The number of pyridine rings is 2. The van der Waals surface area contributed by atoms with Gasteiger partial charge in [-0.2, -0.15) is 0 Å². The van der Waals surface area contributed by atoms with Crippen molar-refractivity contribution < 1.29 is 0 Å². The first-order valence-electron chi connectivity index (χ1n) is 7.08. The second kappa shape index (κ2) is 10.6. The predicted octanol–water partition coefficient (Wildman–Crippen LogP) is 3.36. The lowest BCUT2D eigenvalue weighted by molar-refractivity contribution is 0.846. The molecule has 0 saturated heterocycles. The number of aromatic nitrogens is 2. The van der Waals surface area contributed by atoms with Gasteiger partial charge in [0.25, 0.3) is 5.56 Å². The van der Waals surface area contributed by atoms with Gasteiger partial charge in [-0.25, -0.2) is 0 Å². The Hall–Kier alpha value is -2.10. The highest BCUT2D eigenvalue weighted by Crippen LogP contribution is 1.99. The van der Waals surface area contributed by atoms with Crippen molar-refractivity contribution in [3.05, 3.63) is 68.0 Å². The van der Waals surface area contributed by atoms with Crippen LogP contribution >= 0.6 is 0 Å². The molecule has 0 atom stereocenters. The van der Waals surface area contributed by atoms with Crippen molar-refractivity contribution >= 4 is 0 Å². The molecule has 0 amide bonds. The van der Waals surface area contributed by atoms with Crippen LogP contribution < -0.4 is 11.1 Å². The zero-order chi connectivity index (χ0) is 16.6. The van der Waals surface area contributed by atoms with Gasteiger partial charge in [0.15, 0.2) is 0 Å². The highest BCUT2D eigenvalue weighted by Gasteiger charge is 1.93. The van der Waals surface area contributed by atoms with Crippen LogP contribution in [0.4, 0.5) is 0 Å². The maximum Gasteiger partial charge on any atom is 0.250 e. The molecule has 0 spiro atoms. The summed E-state index contributed by atoms with van der Waals surface area (Å²) in [5.74, 6) is 0. The zero-order valence-electron chi connectivity index (χ0n) is 14.1. The minimum Gasteiger partial charge on any atom is -0.318 e. The monoisotopic (exact) mass is 306 g/mol. The van der Waals surface area contributed by atoms with E-state index in [1.54, 1.807) is 35.4 Å².